The van der Waals surface area contributed by atoms with Crippen molar-refractivity contribution >= 4 is 38.6 Å². The molecule has 29 heavy (non-hydrogen) atoms. The van der Waals surface area contributed by atoms with Crippen LogP contribution in [0.4, 0.5) is 17.2 Å². The molecule has 1 saturated carbocycles. The highest BCUT2D eigenvalue weighted by atomic mass is 32.1. The molecule has 5 nitrogen and oxygen atoms in total. The maximum atomic E-state index is 9.65. The molecule has 1 saturated heterocycles. The van der Waals surface area contributed by atoms with Crippen LogP contribution in [-0.2, 0) is 4.74 Å². The van der Waals surface area contributed by atoms with E-state index in [1.54, 1.807) is 11.3 Å². The minimum atomic E-state index is 0.512. The smallest absolute Gasteiger partial charge is 0.130 e. The van der Waals surface area contributed by atoms with Crippen LogP contribution < -0.4 is 10.2 Å². The van der Waals surface area contributed by atoms with Gasteiger partial charge in [-0.05, 0) is 48.6 Å². The number of rotatable bonds is 4. The normalized spacial score (nSPS) is 17.6. The van der Waals surface area contributed by atoms with Crippen molar-refractivity contribution in [3.63, 3.8) is 0 Å². The molecule has 0 spiro atoms. The van der Waals surface area contributed by atoms with E-state index in [0.717, 1.165) is 47.4 Å². The summed E-state index contributed by atoms with van der Waals surface area (Å²) in [5.41, 5.74) is 3.48. The highest BCUT2D eigenvalue weighted by Gasteiger charge is 2.24. The van der Waals surface area contributed by atoms with Crippen LogP contribution in [0.15, 0.2) is 36.5 Å². The highest BCUT2D eigenvalue weighted by molar-refractivity contribution is 7.19. The van der Waals surface area contributed by atoms with Gasteiger partial charge in [0.1, 0.15) is 16.8 Å². The van der Waals surface area contributed by atoms with E-state index >= 15 is 0 Å². The largest absolute Gasteiger partial charge is 0.378 e. The van der Waals surface area contributed by atoms with Gasteiger partial charge in [-0.1, -0.05) is 18.9 Å². The average molecular weight is 405 g/mol. The number of thiophene rings is 1. The topological polar surface area (TPSA) is 61.2 Å². The summed E-state index contributed by atoms with van der Waals surface area (Å²) in [6.07, 6.45) is 6.81. The number of aromatic nitrogens is 1. The number of nitrogens with one attached hydrogen (secondary N) is 1. The number of pyridine rings is 1. The number of fused-ring (bicyclic) bond motifs is 1. The van der Waals surface area contributed by atoms with Crippen LogP contribution in [-0.4, -0.2) is 31.3 Å². The van der Waals surface area contributed by atoms with Crippen LogP contribution in [0.25, 0.3) is 10.1 Å². The van der Waals surface area contributed by atoms with E-state index < -0.39 is 0 Å². The Kier molecular flexibility index (Phi) is 5.09. The number of ether oxygens (including phenoxy) is 1. The van der Waals surface area contributed by atoms with Gasteiger partial charge in [0, 0.05) is 36.0 Å². The summed E-state index contributed by atoms with van der Waals surface area (Å²) in [6, 6.07) is 13.0. The van der Waals surface area contributed by atoms with Gasteiger partial charge in [-0.3, -0.25) is 0 Å². The molecule has 0 radical (unpaired) electrons. The number of nitrogens with zero attached hydrogens (tertiary/aromatic N) is 3. The molecule has 5 rings (SSSR count). The number of hydrogen-bond donors (Lipinski definition) is 1. The van der Waals surface area contributed by atoms with E-state index in [9.17, 15) is 5.26 Å². The van der Waals surface area contributed by atoms with Crippen LogP contribution >= 0.6 is 11.3 Å². The van der Waals surface area contributed by atoms with Gasteiger partial charge in [0.05, 0.1) is 17.9 Å². The molecule has 0 amide bonds. The van der Waals surface area contributed by atoms with Crippen molar-refractivity contribution in [3.05, 3.63) is 47.0 Å². The molecular formula is C23H24N4OS. The van der Waals surface area contributed by atoms with E-state index in [4.69, 9.17) is 4.74 Å². The van der Waals surface area contributed by atoms with Gasteiger partial charge < -0.3 is 15.0 Å². The van der Waals surface area contributed by atoms with E-state index in [1.165, 1.54) is 42.3 Å². The summed E-state index contributed by atoms with van der Waals surface area (Å²) in [4.78, 5) is 7.83. The number of benzene rings is 1. The molecule has 148 valence electrons. The third-order valence-electron chi connectivity index (χ3n) is 5.97. The molecule has 3 heterocycles. The second-order valence-electron chi connectivity index (χ2n) is 7.78. The number of anilines is 3. The van der Waals surface area contributed by atoms with Crippen molar-refractivity contribution in [2.45, 2.75) is 31.6 Å². The zero-order valence-electron chi connectivity index (χ0n) is 16.4. The second-order valence-corrected chi connectivity index (χ2v) is 8.83. The van der Waals surface area contributed by atoms with Gasteiger partial charge in [0.25, 0.3) is 0 Å². The molecule has 1 aliphatic heterocycles. The first-order valence-electron chi connectivity index (χ1n) is 10.3. The Morgan fingerprint density at radius 2 is 2.00 bits per heavy atom. The quantitative estimate of drug-likeness (QED) is 0.630. The summed E-state index contributed by atoms with van der Waals surface area (Å²) in [6.45, 7) is 3.40. The molecule has 2 aromatic heterocycles. The molecule has 2 aliphatic rings. The minimum Gasteiger partial charge on any atom is -0.378 e. The van der Waals surface area contributed by atoms with Gasteiger partial charge >= 0.3 is 0 Å². The predicted octanol–water partition coefficient (Wildman–Crippen LogP) is 5.41. The van der Waals surface area contributed by atoms with Crippen LogP contribution in [0.5, 0.6) is 0 Å². The molecule has 6 heteroatoms. The standard InChI is InChI=1S/C23H24N4OS/c24-14-20-23(16-4-1-2-5-16)19-13-22(25-15-21(19)29-20)26-17-6-3-7-18(12-17)27-8-10-28-11-9-27/h3,6-7,12-13,15-16H,1-2,4-5,8-11H2,(H,25,26). The first-order chi connectivity index (χ1) is 14.3. The van der Waals surface area contributed by atoms with Gasteiger partial charge in [-0.15, -0.1) is 11.3 Å². The molecular weight excluding hydrogens is 380 g/mol. The first kappa shape index (κ1) is 18.4. The Bertz CT molecular complexity index is 1060. The monoisotopic (exact) mass is 404 g/mol. The third kappa shape index (κ3) is 3.68. The molecule has 0 bridgehead atoms. The van der Waals surface area contributed by atoms with E-state index in [0.29, 0.717) is 5.92 Å². The highest BCUT2D eigenvalue weighted by Crippen LogP contribution is 2.43. The Morgan fingerprint density at radius 1 is 1.17 bits per heavy atom. The molecule has 1 N–H and O–H groups in total. The van der Waals surface area contributed by atoms with Crippen LogP contribution in [0.3, 0.4) is 0 Å². The third-order valence-corrected chi connectivity index (χ3v) is 7.03. The second kappa shape index (κ2) is 8.02. The van der Waals surface area contributed by atoms with Crippen molar-refractivity contribution in [3.8, 4) is 6.07 Å². The summed E-state index contributed by atoms with van der Waals surface area (Å²) in [5, 5.41) is 14.3. The lowest BCUT2D eigenvalue weighted by atomic mass is 9.95. The molecule has 1 aromatic carbocycles. The van der Waals surface area contributed by atoms with Gasteiger partial charge in [-0.25, -0.2) is 4.98 Å². The summed E-state index contributed by atoms with van der Waals surface area (Å²) in [5.74, 6) is 1.34. The fraction of sp³-hybridized carbons (Fsp3) is 0.391. The van der Waals surface area contributed by atoms with E-state index in [2.05, 4.69) is 51.6 Å². The molecule has 0 unspecified atom stereocenters. The lowest BCUT2D eigenvalue weighted by Gasteiger charge is -2.29. The van der Waals surface area contributed by atoms with Crippen molar-refractivity contribution < 1.29 is 4.74 Å². The van der Waals surface area contributed by atoms with Gasteiger partial charge in [-0.2, -0.15) is 5.26 Å². The van der Waals surface area contributed by atoms with Crippen molar-refractivity contribution in [2.75, 3.05) is 36.5 Å². The van der Waals surface area contributed by atoms with Gasteiger partial charge in [0.2, 0.25) is 0 Å². The molecule has 3 aromatic rings. The Balaban J connectivity index is 1.45. The van der Waals surface area contributed by atoms with Crippen LogP contribution in [0.2, 0.25) is 0 Å². The maximum Gasteiger partial charge on any atom is 0.130 e. The molecule has 0 atom stereocenters. The van der Waals surface area contributed by atoms with Crippen molar-refractivity contribution in [1.29, 1.82) is 5.26 Å². The predicted molar refractivity (Wildman–Crippen MR) is 118 cm³/mol. The zero-order chi connectivity index (χ0) is 19.6. The number of hydrogen-bond acceptors (Lipinski definition) is 6. The van der Waals surface area contributed by atoms with Crippen molar-refractivity contribution in [2.24, 2.45) is 0 Å². The van der Waals surface area contributed by atoms with E-state index in [1.807, 2.05) is 6.20 Å². The minimum absolute atomic E-state index is 0.512. The Morgan fingerprint density at radius 3 is 2.79 bits per heavy atom. The number of morpholine rings is 1. The fourth-order valence-electron chi connectivity index (χ4n) is 4.54. The zero-order valence-corrected chi connectivity index (χ0v) is 17.2. The lowest BCUT2D eigenvalue weighted by Crippen LogP contribution is -2.36. The first-order valence-corrected chi connectivity index (χ1v) is 11.2. The maximum absolute atomic E-state index is 9.65. The summed E-state index contributed by atoms with van der Waals surface area (Å²) in [7, 11) is 0. The van der Waals surface area contributed by atoms with Crippen LogP contribution in [0.1, 0.15) is 42.0 Å². The summed E-state index contributed by atoms with van der Waals surface area (Å²) < 4.78 is 6.57. The Labute approximate surface area is 174 Å². The molecule has 1 aliphatic carbocycles. The molecule has 2 fully saturated rings. The fourth-order valence-corrected chi connectivity index (χ4v) is 5.58. The van der Waals surface area contributed by atoms with E-state index in [-0.39, 0.29) is 0 Å². The van der Waals surface area contributed by atoms with Gasteiger partial charge in [0.15, 0.2) is 0 Å². The number of nitriles is 1. The average Bonchev–Trinajstić information content (AvgIpc) is 3.41. The SMILES string of the molecule is N#Cc1sc2cnc(Nc3cccc(N4CCOCC4)c3)cc2c1C1CCCC1. The van der Waals surface area contributed by atoms with Crippen LogP contribution in [0, 0.1) is 11.3 Å². The lowest BCUT2D eigenvalue weighted by molar-refractivity contribution is 0.122. The van der Waals surface area contributed by atoms with Crippen molar-refractivity contribution in [1.82, 2.24) is 4.98 Å². The summed E-state index contributed by atoms with van der Waals surface area (Å²) >= 11 is 1.58. The Hall–Kier alpha value is -2.62.